The number of hydrogen-bond acceptors (Lipinski definition) is 3. The van der Waals surface area contributed by atoms with E-state index in [9.17, 15) is 4.39 Å². The Labute approximate surface area is 109 Å². The molecule has 0 atom stereocenters. The standard InChI is InChI=1S/C12H17BrFNO2/c1-2-3-4-16-5-6-17-12-8-10(14)9(13)7-11(12)15/h7-8H,2-6,15H2,1H3. The van der Waals surface area contributed by atoms with Gasteiger partial charge in [-0.25, -0.2) is 4.39 Å². The molecule has 0 aliphatic rings. The molecule has 0 saturated heterocycles. The maximum atomic E-state index is 13.2. The minimum atomic E-state index is -0.388. The van der Waals surface area contributed by atoms with Crippen molar-refractivity contribution in [2.24, 2.45) is 0 Å². The first-order chi connectivity index (χ1) is 8.15. The molecule has 1 rings (SSSR count). The lowest BCUT2D eigenvalue weighted by molar-refractivity contribution is 0.0982. The molecular formula is C12H17BrFNO2. The first-order valence-corrected chi connectivity index (χ1v) is 6.39. The van der Waals surface area contributed by atoms with Crippen molar-refractivity contribution in [3.05, 3.63) is 22.4 Å². The first kappa shape index (κ1) is 14.3. The number of anilines is 1. The van der Waals surface area contributed by atoms with Gasteiger partial charge in [0.05, 0.1) is 16.8 Å². The van der Waals surface area contributed by atoms with Crippen LogP contribution < -0.4 is 10.5 Å². The van der Waals surface area contributed by atoms with E-state index in [0.717, 1.165) is 19.4 Å². The fourth-order valence-electron chi connectivity index (χ4n) is 1.23. The molecule has 1 aromatic carbocycles. The molecule has 0 amide bonds. The summed E-state index contributed by atoms with van der Waals surface area (Å²) in [6.07, 6.45) is 2.14. The van der Waals surface area contributed by atoms with Crippen LogP contribution in [0.4, 0.5) is 10.1 Å². The molecule has 0 aromatic heterocycles. The number of nitrogen functional groups attached to an aromatic ring is 1. The molecule has 2 N–H and O–H groups in total. The highest BCUT2D eigenvalue weighted by Crippen LogP contribution is 2.28. The van der Waals surface area contributed by atoms with E-state index in [-0.39, 0.29) is 5.82 Å². The van der Waals surface area contributed by atoms with Crippen LogP contribution in [0, 0.1) is 5.82 Å². The van der Waals surface area contributed by atoms with Crippen LogP contribution in [0.15, 0.2) is 16.6 Å². The molecule has 5 heteroatoms. The summed E-state index contributed by atoms with van der Waals surface area (Å²) in [7, 11) is 0. The zero-order valence-electron chi connectivity index (χ0n) is 9.84. The lowest BCUT2D eigenvalue weighted by atomic mass is 10.3. The van der Waals surface area contributed by atoms with Crippen molar-refractivity contribution in [3.63, 3.8) is 0 Å². The molecule has 0 spiro atoms. The average Bonchev–Trinajstić information content (AvgIpc) is 2.30. The maximum Gasteiger partial charge on any atom is 0.145 e. The van der Waals surface area contributed by atoms with Gasteiger partial charge in [0, 0.05) is 12.7 Å². The molecule has 96 valence electrons. The Balaban J connectivity index is 2.34. The van der Waals surface area contributed by atoms with E-state index >= 15 is 0 Å². The van der Waals surface area contributed by atoms with E-state index in [1.807, 2.05) is 0 Å². The van der Waals surface area contributed by atoms with E-state index in [4.69, 9.17) is 15.2 Å². The van der Waals surface area contributed by atoms with Crippen LogP contribution in [0.5, 0.6) is 5.75 Å². The molecule has 3 nitrogen and oxygen atoms in total. The molecule has 17 heavy (non-hydrogen) atoms. The summed E-state index contributed by atoms with van der Waals surface area (Å²) in [5.41, 5.74) is 6.10. The summed E-state index contributed by atoms with van der Waals surface area (Å²) < 4.78 is 24.2. The fourth-order valence-corrected chi connectivity index (χ4v) is 1.59. The van der Waals surface area contributed by atoms with Gasteiger partial charge < -0.3 is 15.2 Å². The quantitative estimate of drug-likeness (QED) is 0.620. The third-order valence-electron chi connectivity index (χ3n) is 2.18. The Hall–Kier alpha value is -0.810. The van der Waals surface area contributed by atoms with Gasteiger partial charge in [-0.1, -0.05) is 13.3 Å². The van der Waals surface area contributed by atoms with Gasteiger partial charge in [0.1, 0.15) is 18.2 Å². The summed E-state index contributed by atoms with van der Waals surface area (Å²) >= 11 is 3.06. The molecule has 0 bridgehead atoms. The highest BCUT2D eigenvalue weighted by atomic mass is 79.9. The summed E-state index contributed by atoms with van der Waals surface area (Å²) in [4.78, 5) is 0. The summed E-state index contributed by atoms with van der Waals surface area (Å²) in [6, 6.07) is 2.76. The molecular weight excluding hydrogens is 289 g/mol. The Morgan fingerprint density at radius 3 is 2.76 bits per heavy atom. The largest absolute Gasteiger partial charge is 0.489 e. The minimum Gasteiger partial charge on any atom is -0.489 e. The molecule has 1 aromatic rings. The van der Waals surface area contributed by atoms with Crippen LogP contribution in [0.3, 0.4) is 0 Å². The minimum absolute atomic E-state index is 0.335. The highest BCUT2D eigenvalue weighted by molar-refractivity contribution is 9.10. The van der Waals surface area contributed by atoms with Crippen LogP contribution in [-0.4, -0.2) is 19.8 Å². The third kappa shape index (κ3) is 4.91. The second-order valence-corrected chi connectivity index (χ2v) is 4.47. The van der Waals surface area contributed by atoms with Crippen molar-refractivity contribution in [2.45, 2.75) is 19.8 Å². The van der Waals surface area contributed by atoms with E-state index in [1.165, 1.54) is 12.1 Å². The second-order valence-electron chi connectivity index (χ2n) is 3.62. The van der Waals surface area contributed by atoms with Crippen molar-refractivity contribution in [1.29, 1.82) is 0 Å². The van der Waals surface area contributed by atoms with Crippen molar-refractivity contribution < 1.29 is 13.9 Å². The predicted molar refractivity (Wildman–Crippen MR) is 69.7 cm³/mol. The molecule has 0 fully saturated rings. The van der Waals surface area contributed by atoms with Gasteiger partial charge >= 0.3 is 0 Å². The van der Waals surface area contributed by atoms with Crippen LogP contribution in [0.25, 0.3) is 0 Å². The van der Waals surface area contributed by atoms with Gasteiger partial charge in [-0.2, -0.15) is 0 Å². The summed E-state index contributed by atoms with van der Waals surface area (Å²) in [6.45, 7) is 3.68. The van der Waals surface area contributed by atoms with Crippen molar-refractivity contribution >= 4 is 21.6 Å². The zero-order valence-corrected chi connectivity index (χ0v) is 11.4. The Morgan fingerprint density at radius 2 is 2.06 bits per heavy atom. The Morgan fingerprint density at radius 1 is 1.29 bits per heavy atom. The number of benzene rings is 1. The maximum absolute atomic E-state index is 13.2. The summed E-state index contributed by atoms with van der Waals surface area (Å²) in [5.74, 6) is -0.0362. The van der Waals surface area contributed by atoms with Crippen LogP contribution in [-0.2, 0) is 4.74 Å². The predicted octanol–water partition coefficient (Wildman–Crippen LogP) is 3.37. The van der Waals surface area contributed by atoms with E-state index in [0.29, 0.717) is 29.1 Å². The number of hydrogen-bond donors (Lipinski definition) is 1. The number of rotatable bonds is 7. The molecule has 0 radical (unpaired) electrons. The molecule has 0 saturated carbocycles. The van der Waals surface area contributed by atoms with Crippen molar-refractivity contribution in [1.82, 2.24) is 0 Å². The Kier molecular flexibility index (Phi) is 6.29. The smallest absolute Gasteiger partial charge is 0.145 e. The van der Waals surface area contributed by atoms with Crippen LogP contribution >= 0.6 is 15.9 Å². The lowest BCUT2D eigenvalue weighted by Crippen LogP contribution is -2.08. The van der Waals surface area contributed by atoms with Gasteiger partial charge in [0.2, 0.25) is 0 Å². The number of nitrogens with two attached hydrogens (primary N) is 1. The molecule has 0 unspecified atom stereocenters. The van der Waals surface area contributed by atoms with E-state index < -0.39 is 0 Å². The third-order valence-corrected chi connectivity index (χ3v) is 2.79. The van der Waals surface area contributed by atoms with Crippen LogP contribution in [0.1, 0.15) is 19.8 Å². The van der Waals surface area contributed by atoms with Gasteiger partial charge in [-0.15, -0.1) is 0 Å². The van der Waals surface area contributed by atoms with E-state index in [2.05, 4.69) is 22.9 Å². The fraction of sp³-hybridized carbons (Fsp3) is 0.500. The van der Waals surface area contributed by atoms with Gasteiger partial charge in [-0.05, 0) is 28.4 Å². The molecule has 0 heterocycles. The van der Waals surface area contributed by atoms with Crippen LogP contribution in [0.2, 0.25) is 0 Å². The van der Waals surface area contributed by atoms with Gasteiger partial charge in [0.25, 0.3) is 0 Å². The number of halogens is 2. The van der Waals surface area contributed by atoms with Crippen molar-refractivity contribution in [2.75, 3.05) is 25.6 Å². The van der Waals surface area contributed by atoms with Gasteiger partial charge in [-0.3, -0.25) is 0 Å². The van der Waals surface area contributed by atoms with E-state index in [1.54, 1.807) is 0 Å². The SMILES string of the molecule is CCCCOCCOc1cc(F)c(Br)cc1N. The monoisotopic (exact) mass is 305 g/mol. The first-order valence-electron chi connectivity index (χ1n) is 5.60. The molecule has 0 aliphatic heterocycles. The van der Waals surface area contributed by atoms with Gasteiger partial charge in [0.15, 0.2) is 0 Å². The van der Waals surface area contributed by atoms with Crippen molar-refractivity contribution in [3.8, 4) is 5.75 Å². The topological polar surface area (TPSA) is 44.5 Å². The lowest BCUT2D eigenvalue weighted by Gasteiger charge is -2.10. The zero-order chi connectivity index (χ0) is 12.7. The second kappa shape index (κ2) is 7.50. The normalized spacial score (nSPS) is 10.5. The highest BCUT2D eigenvalue weighted by Gasteiger charge is 2.06. The Bertz CT molecular complexity index is 361. The summed E-state index contributed by atoms with van der Waals surface area (Å²) in [5, 5.41) is 0. The number of unbranched alkanes of at least 4 members (excludes halogenated alkanes) is 1. The average molecular weight is 306 g/mol. The molecule has 0 aliphatic carbocycles. The number of ether oxygens (including phenoxy) is 2.